The number of aromatic nitrogens is 2. The molecule has 0 saturated heterocycles. The predicted molar refractivity (Wildman–Crippen MR) is 100 cm³/mol. The fraction of sp³-hybridized carbons (Fsp3) is 0.167. The maximum absolute atomic E-state index is 12.1. The third-order valence-corrected chi connectivity index (χ3v) is 4.53. The van der Waals surface area contributed by atoms with Gasteiger partial charge in [-0.25, -0.2) is 0 Å². The van der Waals surface area contributed by atoms with E-state index in [1.165, 1.54) is 11.8 Å². The first-order valence-corrected chi connectivity index (χ1v) is 8.97. The van der Waals surface area contributed by atoms with Crippen molar-refractivity contribution in [2.75, 3.05) is 11.1 Å². The monoisotopic (exact) mass is 373 g/mol. The van der Waals surface area contributed by atoms with Gasteiger partial charge in [0.25, 0.3) is 5.22 Å². The van der Waals surface area contributed by atoms with Crippen molar-refractivity contribution < 1.29 is 9.21 Å². The molecule has 0 aliphatic rings. The summed E-state index contributed by atoms with van der Waals surface area (Å²) in [6, 6.07) is 13.2. The van der Waals surface area contributed by atoms with E-state index in [0.29, 0.717) is 21.8 Å². The van der Waals surface area contributed by atoms with Crippen molar-refractivity contribution in [1.82, 2.24) is 10.2 Å². The second-order valence-corrected chi connectivity index (χ2v) is 6.90. The van der Waals surface area contributed by atoms with E-state index in [9.17, 15) is 4.79 Å². The average molecular weight is 374 g/mol. The van der Waals surface area contributed by atoms with Crippen LogP contribution in [0.3, 0.4) is 0 Å². The predicted octanol–water partition coefficient (Wildman–Crippen LogP) is 4.74. The lowest BCUT2D eigenvalue weighted by Crippen LogP contribution is -2.14. The Kier molecular flexibility index (Phi) is 5.40. The van der Waals surface area contributed by atoms with Crippen molar-refractivity contribution in [3.63, 3.8) is 0 Å². The quantitative estimate of drug-likeness (QED) is 0.654. The van der Waals surface area contributed by atoms with Gasteiger partial charge in [-0.3, -0.25) is 4.79 Å². The molecule has 0 aliphatic heterocycles. The van der Waals surface area contributed by atoms with Gasteiger partial charge in [-0.15, -0.1) is 10.2 Å². The highest BCUT2D eigenvalue weighted by molar-refractivity contribution is 7.99. The Morgan fingerprint density at radius 1 is 1.20 bits per heavy atom. The van der Waals surface area contributed by atoms with Crippen LogP contribution in [0.15, 0.2) is 52.1 Å². The van der Waals surface area contributed by atoms with Crippen LogP contribution in [-0.2, 0) is 4.79 Å². The number of amides is 1. The maximum Gasteiger partial charge on any atom is 0.277 e. The topological polar surface area (TPSA) is 68.0 Å². The van der Waals surface area contributed by atoms with Gasteiger partial charge in [0.2, 0.25) is 11.8 Å². The molecule has 1 aromatic heterocycles. The molecule has 1 heterocycles. The largest absolute Gasteiger partial charge is 0.411 e. The van der Waals surface area contributed by atoms with Gasteiger partial charge in [-0.2, -0.15) is 0 Å². The van der Waals surface area contributed by atoms with Crippen molar-refractivity contribution in [2.45, 2.75) is 19.1 Å². The highest BCUT2D eigenvalue weighted by Crippen LogP contribution is 2.24. The van der Waals surface area contributed by atoms with Gasteiger partial charge < -0.3 is 9.73 Å². The van der Waals surface area contributed by atoms with Crippen LogP contribution >= 0.6 is 23.4 Å². The molecule has 0 spiro atoms. The summed E-state index contributed by atoms with van der Waals surface area (Å²) in [5, 5.41) is 11.8. The molecule has 2 aromatic carbocycles. The first kappa shape index (κ1) is 17.5. The summed E-state index contributed by atoms with van der Waals surface area (Å²) >= 11 is 7.15. The number of carbonyl (C=O) groups is 1. The number of nitrogens with one attached hydrogen (secondary N) is 1. The molecule has 1 N–H and O–H groups in total. The zero-order chi connectivity index (χ0) is 17.8. The minimum atomic E-state index is -0.161. The van der Waals surface area contributed by atoms with E-state index in [2.05, 4.69) is 15.5 Å². The molecule has 128 valence electrons. The normalized spacial score (nSPS) is 10.7. The van der Waals surface area contributed by atoms with Crippen LogP contribution in [-0.4, -0.2) is 21.9 Å². The minimum Gasteiger partial charge on any atom is -0.411 e. The molecule has 1 amide bonds. The molecule has 0 radical (unpaired) electrons. The fourth-order valence-corrected chi connectivity index (χ4v) is 2.94. The molecule has 0 aliphatic carbocycles. The van der Waals surface area contributed by atoms with Crippen LogP contribution in [0.1, 0.15) is 11.1 Å². The van der Waals surface area contributed by atoms with E-state index < -0.39 is 0 Å². The third-order valence-electron chi connectivity index (χ3n) is 3.47. The number of benzene rings is 2. The summed E-state index contributed by atoms with van der Waals surface area (Å²) < 4.78 is 5.61. The zero-order valence-electron chi connectivity index (χ0n) is 13.7. The number of thioether (sulfide) groups is 1. The molecule has 25 heavy (non-hydrogen) atoms. The average Bonchev–Trinajstić information content (AvgIpc) is 3.05. The first-order valence-electron chi connectivity index (χ1n) is 7.60. The molecule has 0 atom stereocenters. The Morgan fingerprint density at radius 2 is 2.04 bits per heavy atom. The van der Waals surface area contributed by atoms with Gasteiger partial charge in [0, 0.05) is 16.3 Å². The van der Waals surface area contributed by atoms with Crippen molar-refractivity contribution in [3.8, 4) is 11.5 Å². The Labute approximate surface area is 154 Å². The van der Waals surface area contributed by atoms with Crippen LogP contribution < -0.4 is 5.32 Å². The second kappa shape index (κ2) is 7.72. The van der Waals surface area contributed by atoms with Gasteiger partial charge in [0.05, 0.1) is 5.75 Å². The van der Waals surface area contributed by atoms with Gasteiger partial charge >= 0.3 is 0 Å². The van der Waals surface area contributed by atoms with Crippen LogP contribution in [0, 0.1) is 13.8 Å². The van der Waals surface area contributed by atoms with Crippen LogP contribution in [0.4, 0.5) is 5.69 Å². The van der Waals surface area contributed by atoms with Crippen molar-refractivity contribution in [3.05, 3.63) is 58.6 Å². The Morgan fingerprint density at radius 3 is 2.84 bits per heavy atom. The van der Waals surface area contributed by atoms with E-state index in [-0.39, 0.29) is 11.7 Å². The summed E-state index contributed by atoms with van der Waals surface area (Å²) in [5.74, 6) is 0.449. The number of anilines is 1. The number of aryl methyl sites for hydroxylation is 2. The molecule has 0 saturated carbocycles. The third kappa shape index (κ3) is 4.61. The lowest BCUT2D eigenvalue weighted by atomic mass is 10.1. The van der Waals surface area contributed by atoms with E-state index in [1.54, 1.807) is 12.1 Å². The number of hydrogen-bond donors (Lipinski definition) is 1. The zero-order valence-corrected chi connectivity index (χ0v) is 15.3. The number of hydrogen-bond acceptors (Lipinski definition) is 5. The van der Waals surface area contributed by atoms with Crippen molar-refractivity contribution >= 4 is 35.0 Å². The highest BCUT2D eigenvalue weighted by atomic mass is 35.5. The fourth-order valence-electron chi connectivity index (χ4n) is 2.21. The van der Waals surface area contributed by atoms with Gasteiger partial charge in [0.15, 0.2) is 0 Å². The summed E-state index contributed by atoms with van der Waals surface area (Å²) in [6.45, 7) is 3.91. The molecule has 3 aromatic rings. The second-order valence-electron chi connectivity index (χ2n) is 5.54. The summed E-state index contributed by atoms with van der Waals surface area (Å²) in [4.78, 5) is 12.1. The molecule has 0 fully saturated rings. The Bertz CT molecular complexity index is 911. The lowest BCUT2D eigenvalue weighted by Gasteiger charge is -2.07. The molecule has 3 rings (SSSR count). The maximum atomic E-state index is 12.1. The number of carbonyl (C=O) groups excluding carboxylic acids is 1. The van der Waals surface area contributed by atoms with Gasteiger partial charge in [-0.1, -0.05) is 47.1 Å². The lowest BCUT2D eigenvalue weighted by molar-refractivity contribution is -0.113. The van der Waals surface area contributed by atoms with E-state index >= 15 is 0 Å². The molecular formula is C18H16ClN3O2S. The number of rotatable bonds is 5. The summed E-state index contributed by atoms with van der Waals surface area (Å²) in [5.41, 5.74) is 3.62. The first-order chi connectivity index (χ1) is 12.0. The van der Waals surface area contributed by atoms with Crippen LogP contribution in [0.25, 0.3) is 11.5 Å². The SMILES string of the molecule is Cc1cccc(-c2nnc(SCC(=O)Nc3cc(Cl)ccc3C)o2)c1. The van der Waals surface area contributed by atoms with Gasteiger partial charge in [-0.05, 0) is 43.7 Å². The van der Waals surface area contributed by atoms with Crippen molar-refractivity contribution in [2.24, 2.45) is 0 Å². The molecule has 0 bridgehead atoms. The van der Waals surface area contributed by atoms with Gasteiger partial charge in [0.1, 0.15) is 0 Å². The van der Waals surface area contributed by atoms with E-state index in [4.69, 9.17) is 16.0 Å². The van der Waals surface area contributed by atoms with E-state index in [1.807, 2.05) is 44.2 Å². The smallest absolute Gasteiger partial charge is 0.277 e. The summed E-state index contributed by atoms with van der Waals surface area (Å²) in [7, 11) is 0. The Balaban J connectivity index is 1.60. The van der Waals surface area contributed by atoms with Crippen LogP contribution in [0.2, 0.25) is 5.02 Å². The Hall–Kier alpha value is -2.31. The molecule has 0 unspecified atom stereocenters. The molecule has 7 heteroatoms. The number of nitrogens with zero attached hydrogens (tertiary/aromatic N) is 2. The van der Waals surface area contributed by atoms with Crippen molar-refractivity contribution in [1.29, 1.82) is 0 Å². The standard InChI is InChI=1S/C18H16ClN3O2S/c1-11-4-3-5-13(8-11)17-21-22-18(24-17)25-10-16(23)20-15-9-14(19)7-6-12(15)2/h3-9H,10H2,1-2H3,(H,20,23). The number of halogens is 1. The van der Waals surface area contributed by atoms with E-state index in [0.717, 1.165) is 16.7 Å². The molecule has 5 nitrogen and oxygen atoms in total. The summed E-state index contributed by atoms with van der Waals surface area (Å²) in [6.07, 6.45) is 0. The highest BCUT2D eigenvalue weighted by Gasteiger charge is 2.12. The molecular weight excluding hydrogens is 358 g/mol. The van der Waals surface area contributed by atoms with Crippen LogP contribution in [0.5, 0.6) is 0 Å². The minimum absolute atomic E-state index is 0.161.